The second kappa shape index (κ2) is 12.8. The van der Waals surface area contributed by atoms with Gasteiger partial charge in [0.2, 0.25) is 5.95 Å². The second-order valence-corrected chi connectivity index (χ2v) is 11.9. The Hall–Kier alpha value is -5.40. The van der Waals surface area contributed by atoms with Crippen LogP contribution in [0.4, 0.5) is 37.5 Å². The summed E-state index contributed by atoms with van der Waals surface area (Å²) >= 11 is 1.48. The first-order valence-electron chi connectivity index (χ1n) is 14.9. The number of rotatable bonds is 8. The van der Waals surface area contributed by atoms with Gasteiger partial charge in [0.25, 0.3) is 5.91 Å². The summed E-state index contributed by atoms with van der Waals surface area (Å²) in [5, 5.41) is 8.00. The van der Waals surface area contributed by atoms with E-state index in [1.807, 2.05) is 59.2 Å². The molecule has 1 aliphatic heterocycles. The lowest BCUT2D eigenvalue weighted by molar-refractivity contribution is 0.101. The number of thiazole rings is 1. The Morgan fingerprint density at radius 3 is 2.53 bits per heavy atom. The summed E-state index contributed by atoms with van der Waals surface area (Å²) in [6, 6.07) is 18.6. The number of ether oxygens (including phenoxy) is 1. The summed E-state index contributed by atoms with van der Waals surface area (Å²) in [5.74, 6) is -2.36. The van der Waals surface area contributed by atoms with E-state index < -0.39 is 23.1 Å². The first kappa shape index (κ1) is 30.3. The number of hydrogen-bond donors (Lipinski definition) is 2. The molecule has 0 radical (unpaired) electrons. The van der Waals surface area contributed by atoms with E-state index in [4.69, 9.17) is 14.7 Å². The van der Waals surface area contributed by atoms with Gasteiger partial charge < -0.3 is 25.2 Å². The van der Waals surface area contributed by atoms with Crippen LogP contribution in [-0.2, 0) is 4.74 Å². The number of benzene rings is 3. The summed E-state index contributed by atoms with van der Waals surface area (Å²) in [7, 11) is 3.65. The van der Waals surface area contributed by atoms with Gasteiger partial charge in [0, 0.05) is 61.9 Å². The number of aromatic nitrogens is 4. The van der Waals surface area contributed by atoms with Crippen molar-refractivity contribution in [3.8, 4) is 22.6 Å². The van der Waals surface area contributed by atoms with Crippen LogP contribution in [0.2, 0.25) is 0 Å². The lowest BCUT2D eigenvalue weighted by Crippen LogP contribution is -2.36. The summed E-state index contributed by atoms with van der Waals surface area (Å²) in [6.07, 6.45) is 3.62. The molecule has 13 heteroatoms. The number of amides is 1. The van der Waals surface area contributed by atoms with Gasteiger partial charge in [0.1, 0.15) is 28.6 Å². The molecule has 2 N–H and O–H groups in total. The van der Waals surface area contributed by atoms with Crippen molar-refractivity contribution < 1.29 is 18.3 Å². The molecule has 0 spiro atoms. The molecule has 6 aromatic rings. The average Bonchev–Trinajstić information content (AvgIpc) is 3.67. The van der Waals surface area contributed by atoms with E-state index >= 15 is 0 Å². The maximum absolute atomic E-state index is 14.5. The van der Waals surface area contributed by atoms with Gasteiger partial charge in [-0.15, -0.1) is 11.3 Å². The minimum atomic E-state index is -0.942. The molecule has 1 aliphatic rings. The number of imidazole rings is 1. The van der Waals surface area contributed by atoms with Crippen LogP contribution < -0.4 is 20.4 Å². The molecule has 0 saturated carbocycles. The molecule has 7 rings (SSSR count). The van der Waals surface area contributed by atoms with Gasteiger partial charge in [-0.3, -0.25) is 9.20 Å². The Morgan fingerprint density at radius 2 is 1.74 bits per heavy atom. The molecule has 47 heavy (non-hydrogen) atoms. The number of morpholine rings is 1. The zero-order valence-corrected chi connectivity index (χ0v) is 26.4. The van der Waals surface area contributed by atoms with Crippen LogP contribution in [0.25, 0.3) is 27.6 Å². The van der Waals surface area contributed by atoms with Gasteiger partial charge in [-0.05, 0) is 42.5 Å². The number of anilines is 5. The summed E-state index contributed by atoms with van der Waals surface area (Å²) < 4.78 is 36.4. The van der Waals surface area contributed by atoms with Crippen LogP contribution in [0.5, 0.6) is 0 Å². The fourth-order valence-corrected chi connectivity index (χ4v) is 6.43. The van der Waals surface area contributed by atoms with Gasteiger partial charge in [-0.2, -0.15) is 0 Å². The van der Waals surface area contributed by atoms with E-state index in [1.54, 1.807) is 18.3 Å². The third-order valence-corrected chi connectivity index (χ3v) is 8.57. The van der Waals surface area contributed by atoms with E-state index in [0.29, 0.717) is 47.5 Å². The minimum Gasteiger partial charge on any atom is -0.378 e. The second-order valence-electron chi connectivity index (χ2n) is 11.1. The first-order valence-corrected chi connectivity index (χ1v) is 15.8. The zero-order chi connectivity index (χ0) is 32.5. The third-order valence-electron chi connectivity index (χ3n) is 7.82. The summed E-state index contributed by atoms with van der Waals surface area (Å²) in [4.78, 5) is 32.3. The zero-order valence-electron chi connectivity index (χ0n) is 25.6. The molecular formula is C34H30F2N8O2S. The van der Waals surface area contributed by atoms with Crippen LogP contribution in [0, 0.1) is 11.6 Å². The van der Waals surface area contributed by atoms with Gasteiger partial charge in [0.15, 0.2) is 4.96 Å². The third kappa shape index (κ3) is 5.98. The Balaban J connectivity index is 1.26. The van der Waals surface area contributed by atoms with Gasteiger partial charge in [-0.1, -0.05) is 24.3 Å². The molecule has 1 fully saturated rings. The first-order chi connectivity index (χ1) is 22.9. The summed E-state index contributed by atoms with van der Waals surface area (Å²) in [5.41, 5.74) is 4.93. The van der Waals surface area contributed by atoms with Crippen molar-refractivity contribution >= 4 is 50.9 Å². The lowest BCUT2D eigenvalue weighted by Gasteiger charge is -2.29. The topological polar surface area (TPSA) is 99.9 Å². The molecule has 0 bridgehead atoms. The molecule has 4 heterocycles. The van der Waals surface area contributed by atoms with E-state index in [9.17, 15) is 13.6 Å². The van der Waals surface area contributed by atoms with Crippen LogP contribution >= 0.6 is 11.3 Å². The number of para-hydroxylation sites is 1. The molecule has 0 unspecified atom stereocenters. The van der Waals surface area contributed by atoms with Crippen LogP contribution in [0.3, 0.4) is 0 Å². The predicted octanol–water partition coefficient (Wildman–Crippen LogP) is 6.70. The van der Waals surface area contributed by atoms with Crippen molar-refractivity contribution in [2.45, 2.75) is 0 Å². The fourth-order valence-electron chi connectivity index (χ4n) is 5.72. The van der Waals surface area contributed by atoms with Crippen LogP contribution in [0.1, 0.15) is 10.4 Å². The Bertz CT molecular complexity index is 2070. The standard InChI is InChI=1S/C34H30F2N8O2S/c1-42(2)30-23(8-4-11-26(30)39-32(45)28-24(35)9-5-10-25(28)36)29-31(44-16-19-47-34(44)41-29)27-12-13-37-33(40-27)38-21-6-3-7-22(20-21)43-14-17-46-18-15-43/h3-13,16,19-20H,14-15,17-18H2,1-2H3,(H,39,45)(H,37,38,40). The SMILES string of the molecule is CN(C)c1c(NC(=O)c2c(F)cccc2F)cccc1-c1nc2sccn2c1-c1ccnc(Nc2cccc(N3CCOCC3)c2)n1. The number of nitrogens with zero attached hydrogens (tertiary/aromatic N) is 6. The molecule has 1 amide bonds. The van der Waals surface area contributed by atoms with Crippen molar-refractivity contribution in [2.75, 3.05) is 60.8 Å². The normalized spacial score (nSPS) is 13.1. The predicted molar refractivity (Wildman–Crippen MR) is 181 cm³/mol. The van der Waals surface area contributed by atoms with Crippen LogP contribution in [-0.4, -0.2) is 65.7 Å². The Morgan fingerprint density at radius 1 is 0.979 bits per heavy atom. The molecule has 10 nitrogen and oxygen atoms in total. The number of hydrogen-bond acceptors (Lipinski definition) is 9. The monoisotopic (exact) mass is 652 g/mol. The van der Waals surface area contributed by atoms with Crippen molar-refractivity contribution in [3.05, 3.63) is 102 Å². The molecule has 238 valence electrons. The quantitative estimate of drug-likeness (QED) is 0.188. The van der Waals surface area contributed by atoms with Crippen LogP contribution in [0.15, 0.2) is 84.5 Å². The largest absolute Gasteiger partial charge is 0.378 e. The highest BCUT2D eigenvalue weighted by Crippen LogP contribution is 2.41. The van der Waals surface area contributed by atoms with E-state index in [2.05, 4.69) is 32.7 Å². The van der Waals surface area contributed by atoms with Crippen molar-refractivity contribution in [3.63, 3.8) is 0 Å². The molecule has 0 atom stereocenters. The van der Waals surface area contributed by atoms with Crippen molar-refractivity contribution in [2.24, 2.45) is 0 Å². The van der Waals surface area contributed by atoms with Gasteiger partial charge in [0.05, 0.1) is 30.3 Å². The summed E-state index contributed by atoms with van der Waals surface area (Å²) in [6.45, 7) is 3.05. The minimum absolute atomic E-state index is 0.368. The highest BCUT2D eigenvalue weighted by Gasteiger charge is 2.25. The molecule has 3 aromatic heterocycles. The highest BCUT2D eigenvalue weighted by molar-refractivity contribution is 7.15. The number of halogens is 2. The van der Waals surface area contributed by atoms with E-state index in [-0.39, 0.29) is 0 Å². The van der Waals surface area contributed by atoms with Gasteiger partial charge >= 0.3 is 0 Å². The number of nitrogens with one attached hydrogen (secondary N) is 2. The molecular weight excluding hydrogens is 622 g/mol. The maximum Gasteiger partial charge on any atom is 0.261 e. The number of fused-ring (bicyclic) bond motifs is 1. The van der Waals surface area contributed by atoms with E-state index in [1.165, 1.54) is 17.4 Å². The number of carbonyl (C=O) groups is 1. The number of carbonyl (C=O) groups excluding carboxylic acids is 1. The molecule has 0 aliphatic carbocycles. The molecule has 3 aromatic carbocycles. The lowest BCUT2D eigenvalue weighted by atomic mass is 10.0. The highest BCUT2D eigenvalue weighted by atomic mass is 32.1. The Labute approximate surface area is 273 Å². The molecule has 1 saturated heterocycles. The Kier molecular flexibility index (Phi) is 8.23. The van der Waals surface area contributed by atoms with E-state index in [0.717, 1.165) is 47.3 Å². The fraction of sp³-hybridized carbons (Fsp3) is 0.176. The van der Waals surface area contributed by atoms with Crippen molar-refractivity contribution in [1.82, 2.24) is 19.4 Å². The average molecular weight is 653 g/mol. The van der Waals surface area contributed by atoms with Gasteiger partial charge in [-0.25, -0.2) is 23.7 Å². The maximum atomic E-state index is 14.5. The van der Waals surface area contributed by atoms with Crippen molar-refractivity contribution in [1.29, 1.82) is 0 Å². The smallest absolute Gasteiger partial charge is 0.261 e.